The summed E-state index contributed by atoms with van der Waals surface area (Å²) in [4.78, 5) is 37.0. The van der Waals surface area contributed by atoms with Gasteiger partial charge in [0.1, 0.15) is 23.9 Å². The number of amides is 2. The molecule has 3 aliphatic rings. The van der Waals surface area contributed by atoms with E-state index in [2.05, 4.69) is 20.6 Å². The predicted molar refractivity (Wildman–Crippen MR) is 138 cm³/mol. The maximum atomic E-state index is 13.9. The molecule has 9 nitrogen and oxygen atoms in total. The molecular weight excluding hydrogens is 456 g/mol. The quantitative estimate of drug-likeness (QED) is 0.509. The Morgan fingerprint density at radius 2 is 1.78 bits per heavy atom. The molecule has 2 aromatic heterocycles. The number of carbonyl (C=O) groups is 2. The van der Waals surface area contributed by atoms with Gasteiger partial charge in [-0.15, -0.1) is 0 Å². The minimum absolute atomic E-state index is 0.107. The van der Waals surface area contributed by atoms with Crippen LogP contribution in [0.2, 0.25) is 0 Å². The summed E-state index contributed by atoms with van der Waals surface area (Å²) in [5, 5.41) is 7.36. The summed E-state index contributed by atoms with van der Waals surface area (Å²) in [5.41, 5.74) is 6.30. The number of carbonyl (C=O) groups excluding carboxylic acids is 2. The van der Waals surface area contributed by atoms with Crippen LogP contribution in [-0.4, -0.2) is 51.4 Å². The van der Waals surface area contributed by atoms with Crippen LogP contribution in [0, 0.1) is 5.92 Å². The Morgan fingerprint density at radius 3 is 2.53 bits per heavy atom. The van der Waals surface area contributed by atoms with Gasteiger partial charge in [-0.2, -0.15) is 0 Å². The number of aromatic nitrogens is 2. The number of nitrogen functional groups attached to an aromatic ring is 1. The predicted octanol–water partition coefficient (Wildman–Crippen LogP) is 3.67. The molecule has 0 spiro atoms. The second-order valence-electron chi connectivity index (χ2n) is 10.9. The van der Waals surface area contributed by atoms with Gasteiger partial charge in [0, 0.05) is 12.6 Å². The van der Waals surface area contributed by atoms with Gasteiger partial charge in [-0.05, 0) is 44.1 Å². The molecule has 36 heavy (non-hydrogen) atoms. The molecule has 0 aromatic carbocycles. The molecule has 0 radical (unpaired) electrons. The number of likely N-dealkylation sites (tertiary alicyclic amines) is 1. The lowest BCUT2D eigenvalue weighted by Crippen LogP contribution is -2.54. The molecule has 2 aliphatic carbocycles. The molecule has 2 saturated carbocycles. The lowest BCUT2D eigenvalue weighted by molar-refractivity contribution is -0.140. The second-order valence-corrected chi connectivity index (χ2v) is 10.9. The third-order valence-corrected chi connectivity index (χ3v) is 8.32. The van der Waals surface area contributed by atoms with Crippen LogP contribution >= 0.6 is 0 Å². The van der Waals surface area contributed by atoms with Gasteiger partial charge in [0.15, 0.2) is 0 Å². The maximum Gasteiger partial charge on any atom is 0.243 e. The number of hydrogen-bond donors (Lipinski definition) is 3. The molecule has 196 valence electrons. The van der Waals surface area contributed by atoms with E-state index in [1.54, 1.807) is 6.07 Å². The first-order valence-corrected chi connectivity index (χ1v) is 13.9. The highest BCUT2D eigenvalue weighted by Gasteiger charge is 2.38. The van der Waals surface area contributed by atoms with Crippen molar-refractivity contribution in [1.82, 2.24) is 25.5 Å². The van der Waals surface area contributed by atoms with E-state index in [1.807, 2.05) is 4.90 Å². The molecule has 1 saturated heterocycles. The number of nitrogens with zero attached hydrogens (tertiary/aromatic N) is 3. The standard InChI is InChI=1S/C27H40N6O3/c28-24-21-15-20(36-26(21)31-17-30-24)16-29-25(34)23-12-7-13-33(23)27(35)22(14-18-8-3-1-4-9-18)32-19-10-5-2-6-11-19/h15,17-19,22-23,32H,1-14,16H2,(H,29,34)(H2,28,30,31)/t22-,23+/m1/s1. The number of fused-ring (bicyclic) bond motifs is 1. The number of nitrogens with two attached hydrogens (primary N) is 1. The molecule has 5 rings (SSSR count). The summed E-state index contributed by atoms with van der Waals surface area (Å²) in [7, 11) is 0. The van der Waals surface area contributed by atoms with Crippen LogP contribution in [0.25, 0.3) is 11.1 Å². The molecule has 0 bridgehead atoms. The lowest BCUT2D eigenvalue weighted by atomic mass is 9.84. The van der Waals surface area contributed by atoms with Crippen LogP contribution in [0.3, 0.4) is 0 Å². The molecule has 9 heteroatoms. The van der Waals surface area contributed by atoms with Gasteiger partial charge in [0.2, 0.25) is 17.5 Å². The first-order chi connectivity index (χ1) is 17.6. The fourth-order valence-electron chi connectivity index (χ4n) is 6.36. The van der Waals surface area contributed by atoms with E-state index in [0.29, 0.717) is 47.6 Å². The van der Waals surface area contributed by atoms with Crippen molar-refractivity contribution in [2.75, 3.05) is 12.3 Å². The second kappa shape index (κ2) is 11.6. The van der Waals surface area contributed by atoms with E-state index in [-0.39, 0.29) is 24.4 Å². The van der Waals surface area contributed by atoms with Crippen molar-refractivity contribution >= 4 is 28.7 Å². The number of rotatable bonds is 8. The fraction of sp³-hybridized carbons (Fsp3) is 0.704. The Hall–Kier alpha value is -2.68. The summed E-state index contributed by atoms with van der Waals surface area (Å²) in [6.45, 7) is 0.861. The van der Waals surface area contributed by atoms with Gasteiger partial charge >= 0.3 is 0 Å². The minimum Gasteiger partial charge on any atom is -0.441 e. The average Bonchev–Trinajstić information content (AvgIpc) is 3.56. The zero-order chi connectivity index (χ0) is 24.9. The number of anilines is 1. The molecular formula is C27H40N6O3. The summed E-state index contributed by atoms with van der Waals surface area (Å²) >= 11 is 0. The monoisotopic (exact) mass is 496 g/mol. The van der Waals surface area contributed by atoms with Crippen molar-refractivity contribution in [2.45, 2.75) is 108 Å². The van der Waals surface area contributed by atoms with Crippen molar-refractivity contribution in [2.24, 2.45) is 5.92 Å². The Kier molecular flexibility index (Phi) is 8.04. The molecule has 2 aromatic rings. The SMILES string of the molecule is Nc1ncnc2oc(CNC(=O)[C@@H]3CCCN3C(=O)[C@@H](CC3CCCCC3)NC3CCCCC3)cc12. The highest BCUT2D eigenvalue weighted by molar-refractivity contribution is 5.90. The Labute approximate surface area is 213 Å². The van der Waals surface area contributed by atoms with Crippen LogP contribution in [0.1, 0.15) is 89.2 Å². The van der Waals surface area contributed by atoms with Crippen LogP contribution < -0.4 is 16.4 Å². The topological polar surface area (TPSA) is 126 Å². The van der Waals surface area contributed by atoms with Crippen LogP contribution in [0.4, 0.5) is 5.82 Å². The minimum atomic E-state index is -0.436. The van der Waals surface area contributed by atoms with Crippen molar-refractivity contribution in [3.63, 3.8) is 0 Å². The summed E-state index contributed by atoms with van der Waals surface area (Å²) in [6, 6.07) is 1.54. The Bertz CT molecular complexity index is 1020. The fourth-order valence-corrected chi connectivity index (χ4v) is 6.36. The van der Waals surface area contributed by atoms with Crippen LogP contribution in [0.15, 0.2) is 16.8 Å². The largest absolute Gasteiger partial charge is 0.441 e. The van der Waals surface area contributed by atoms with E-state index in [0.717, 1.165) is 25.7 Å². The van der Waals surface area contributed by atoms with Gasteiger partial charge in [0.25, 0.3) is 0 Å². The van der Waals surface area contributed by atoms with E-state index in [9.17, 15) is 9.59 Å². The molecule has 4 N–H and O–H groups in total. The van der Waals surface area contributed by atoms with Gasteiger partial charge in [0.05, 0.1) is 18.0 Å². The first-order valence-electron chi connectivity index (χ1n) is 13.9. The zero-order valence-corrected chi connectivity index (χ0v) is 21.2. The Balaban J connectivity index is 1.23. The number of nitrogens with one attached hydrogen (secondary N) is 2. The smallest absolute Gasteiger partial charge is 0.243 e. The van der Waals surface area contributed by atoms with Gasteiger partial charge in [-0.1, -0.05) is 51.4 Å². The molecule has 3 fully saturated rings. The Morgan fingerprint density at radius 1 is 1.03 bits per heavy atom. The van der Waals surface area contributed by atoms with E-state index in [4.69, 9.17) is 10.2 Å². The molecule has 2 amide bonds. The third-order valence-electron chi connectivity index (χ3n) is 8.32. The normalized spacial score (nSPS) is 22.7. The number of hydrogen-bond acceptors (Lipinski definition) is 7. The molecule has 1 aliphatic heterocycles. The number of furan rings is 1. The first kappa shape index (κ1) is 25.0. The van der Waals surface area contributed by atoms with Crippen molar-refractivity contribution in [3.05, 3.63) is 18.2 Å². The van der Waals surface area contributed by atoms with Crippen LogP contribution in [0.5, 0.6) is 0 Å². The maximum absolute atomic E-state index is 13.9. The molecule has 2 atom stereocenters. The summed E-state index contributed by atoms with van der Waals surface area (Å²) in [5.74, 6) is 1.49. The van der Waals surface area contributed by atoms with Gasteiger partial charge in [-0.3, -0.25) is 9.59 Å². The molecule has 3 heterocycles. The van der Waals surface area contributed by atoms with E-state index in [1.165, 1.54) is 57.7 Å². The summed E-state index contributed by atoms with van der Waals surface area (Å²) < 4.78 is 5.71. The van der Waals surface area contributed by atoms with Crippen LogP contribution in [-0.2, 0) is 16.1 Å². The lowest BCUT2D eigenvalue weighted by Gasteiger charge is -2.34. The summed E-state index contributed by atoms with van der Waals surface area (Å²) in [6.07, 6.45) is 16.1. The third kappa shape index (κ3) is 5.82. The van der Waals surface area contributed by atoms with E-state index >= 15 is 0 Å². The highest BCUT2D eigenvalue weighted by atomic mass is 16.3. The van der Waals surface area contributed by atoms with Crippen molar-refractivity contribution < 1.29 is 14.0 Å². The zero-order valence-electron chi connectivity index (χ0n) is 21.2. The van der Waals surface area contributed by atoms with Gasteiger partial charge < -0.3 is 25.7 Å². The van der Waals surface area contributed by atoms with Crippen molar-refractivity contribution in [3.8, 4) is 0 Å². The van der Waals surface area contributed by atoms with Crippen molar-refractivity contribution in [1.29, 1.82) is 0 Å². The average molecular weight is 497 g/mol. The molecule has 0 unspecified atom stereocenters. The van der Waals surface area contributed by atoms with E-state index < -0.39 is 6.04 Å². The highest BCUT2D eigenvalue weighted by Crippen LogP contribution is 2.30. The van der Waals surface area contributed by atoms with Gasteiger partial charge in [-0.25, -0.2) is 9.97 Å².